The Morgan fingerprint density at radius 3 is 2.67 bits per heavy atom. The average molecular weight is 228 g/mol. The quantitative estimate of drug-likeness (QED) is 0.693. The van der Waals surface area contributed by atoms with Gasteiger partial charge in [0, 0.05) is 0 Å². The Hall–Kier alpha value is -1.56. The third kappa shape index (κ3) is 1.80. The van der Waals surface area contributed by atoms with E-state index in [1.165, 1.54) is 4.68 Å². The molecule has 0 amide bonds. The molecule has 0 fully saturated rings. The average Bonchev–Trinajstić information content (AvgIpc) is 2.50. The molecule has 0 unspecified atom stereocenters. The van der Waals surface area contributed by atoms with Crippen molar-refractivity contribution in [1.82, 2.24) is 24.7 Å². The SMILES string of the molecule is Cc1nc(C)n(-c2nc(Cl)ncc2F)n1. The van der Waals surface area contributed by atoms with Gasteiger partial charge in [-0.3, -0.25) is 0 Å². The van der Waals surface area contributed by atoms with Crippen molar-refractivity contribution >= 4 is 11.6 Å². The molecule has 2 aromatic heterocycles. The molecule has 0 saturated heterocycles. The number of halogens is 2. The number of hydrogen-bond donors (Lipinski definition) is 0. The molecule has 78 valence electrons. The standard InChI is InChI=1S/C8H7ClFN5/c1-4-12-5(2)15(14-4)7-6(10)3-11-8(9)13-7/h3H,1-2H3. The first kappa shape index (κ1) is 9.97. The van der Waals surface area contributed by atoms with Gasteiger partial charge >= 0.3 is 0 Å². The predicted molar refractivity (Wildman–Crippen MR) is 51.4 cm³/mol. The summed E-state index contributed by atoms with van der Waals surface area (Å²) < 4.78 is 14.7. The van der Waals surface area contributed by atoms with Crippen molar-refractivity contribution in [2.45, 2.75) is 13.8 Å². The third-order valence-electron chi connectivity index (χ3n) is 1.77. The topological polar surface area (TPSA) is 56.5 Å². The fourth-order valence-corrected chi connectivity index (χ4v) is 1.34. The molecule has 2 heterocycles. The molecule has 2 rings (SSSR count). The number of aryl methyl sites for hydroxylation is 2. The van der Waals surface area contributed by atoms with Gasteiger partial charge in [-0.05, 0) is 25.4 Å². The summed E-state index contributed by atoms with van der Waals surface area (Å²) >= 11 is 5.58. The van der Waals surface area contributed by atoms with E-state index in [-0.39, 0.29) is 11.1 Å². The molecule has 0 radical (unpaired) electrons. The molecule has 0 bridgehead atoms. The van der Waals surface area contributed by atoms with Crippen LogP contribution in [-0.4, -0.2) is 24.7 Å². The Balaban J connectivity index is 2.62. The minimum atomic E-state index is -0.590. The van der Waals surface area contributed by atoms with E-state index in [1.807, 2.05) is 0 Å². The van der Waals surface area contributed by atoms with Crippen molar-refractivity contribution in [2.75, 3.05) is 0 Å². The summed E-state index contributed by atoms with van der Waals surface area (Å²) in [5, 5.41) is 3.97. The van der Waals surface area contributed by atoms with Crippen LogP contribution in [0.4, 0.5) is 4.39 Å². The second-order valence-electron chi connectivity index (χ2n) is 2.93. The van der Waals surface area contributed by atoms with Crippen molar-refractivity contribution < 1.29 is 4.39 Å². The van der Waals surface area contributed by atoms with Gasteiger partial charge in [-0.25, -0.2) is 14.4 Å². The number of hydrogen-bond acceptors (Lipinski definition) is 4. The molecule has 0 aromatic carbocycles. The molecule has 15 heavy (non-hydrogen) atoms. The van der Waals surface area contributed by atoms with Gasteiger partial charge in [0.1, 0.15) is 11.6 Å². The highest BCUT2D eigenvalue weighted by Gasteiger charge is 2.12. The lowest BCUT2D eigenvalue weighted by atomic mass is 10.5. The molecular weight excluding hydrogens is 221 g/mol. The van der Waals surface area contributed by atoms with Crippen LogP contribution in [0.5, 0.6) is 0 Å². The van der Waals surface area contributed by atoms with Gasteiger partial charge in [-0.1, -0.05) is 0 Å². The molecule has 0 spiro atoms. The first-order chi connectivity index (χ1) is 7.08. The van der Waals surface area contributed by atoms with Crippen LogP contribution in [0.1, 0.15) is 11.6 Å². The van der Waals surface area contributed by atoms with Gasteiger partial charge in [0.15, 0.2) is 11.6 Å². The summed E-state index contributed by atoms with van der Waals surface area (Å²) in [6.07, 6.45) is 1.00. The minimum Gasteiger partial charge on any atom is -0.223 e. The normalized spacial score (nSPS) is 10.7. The van der Waals surface area contributed by atoms with Crippen LogP contribution >= 0.6 is 11.6 Å². The molecule has 0 atom stereocenters. The Kier molecular flexibility index (Phi) is 2.36. The number of rotatable bonds is 1. The van der Waals surface area contributed by atoms with Gasteiger partial charge in [-0.2, -0.15) is 9.67 Å². The predicted octanol–water partition coefficient (Wildman–Crippen LogP) is 1.47. The summed E-state index contributed by atoms with van der Waals surface area (Å²) in [4.78, 5) is 11.3. The molecular formula is C8H7ClFN5. The van der Waals surface area contributed by atoms with Crippen LogP contribution in [0, 0.1) is 19.7 Å². The third-order valence-corrected chi connectivity index (χ3v) is 1.95. The Labute approximate surface area is 90.0 Å². The van der Waals surface area contributed by atoms with Crippen molar-refractivity contribution in [2.24, 2.45) is 0 Å². The molecule has 5 nitrogen and oxygen atoms in total. The maximum Gasteiger partial charge on any atom is 0.224 e. The minimum absolute atomic E-state index is 0.00750. The lowest BCUT2D eigenvalue weighted by Crippen LogP contribution is -2.06. The van der Waals surface area contributed by atoms with E-state index in [2.05, 4.69) is 20.1 Å². The first-order valence-corrected chi connectivity index (χ1v) is 4.54. The van der Waals surface area contributed by atoms with Gasteiger partial charge in [0.05, 0.1) is 6.20 Å². The van der Waals surface area contributed by atoms with Crippen molar-refractivity contribution in [1.29, 1.82) is 0 Å². The smallest absolute Gasteiger partial charge is 0.223 e. The molecule has 0 saturated carbocycles. The van der Waals surface area contributed by atoms with Crippen LogP contribution in [0.15, 0.2) is 6.20 Å². The van der Waals surface area contributed by atoms with Gasteiger partial charge in [0.25, 0.3) is 0 Å². The lowest BCUT2D eigenvalue weighted by molar-refractivity contribution is 0.589. The molecule has 0 aliphatic carbocycles. The Morgan fingerprint density at radius 1 is 1.33 bits per heavy atom. The van der Waals surface area contributed by atoms with E-state index >= 15 is 0 Å². The Bertz CT molecular complexity index is 510. The highest BCUT2D eigenvalue weighted by molar-refractivity contribution is 6.28. The highest BCUT2D eigenvalue weighted by atomic mass is 35.5. The van der Waals surface area contributed by atoms with E-state index < -0.39 is 5.82 Å². The van der Waals surface area contributed by atoms with Crippen LogP contribution in [0.25, 0.3) is 5.82 Å². The van der Waals surface area contributed by atoms with Crippen molar-refractivity contribution in [3.05, 3.63) is 28.9 Å². The summed E-state index contributed by atoms with van der Waals surface area (Å²) in [6, 6.07) is 0. The van der Waals surface area contributed by atoms with Gasteiger partial charge in [-0.15, -0.1) is 5.10 Å². The molecule has 0 aliphatic rings. The van der Waals surface area contributed by atoms with Crippen LogP contribution in [0.3, 0.4) is 0 Å². The van der Waals surface area contributed by atoms with Gasteiger partial charge in [0.2, 0.25) is 5.28 Å². The van der Waals surface area contributed by atoms with E-state index in [4.69, 9.17) is 11.6 Å². The maximum atomic E-state index is 13.4. The zero-order valence-electron chi connectivity index (χ0n) is 8.07. The fourth-order valence-electron chi connectivity index (χ4n) is 1.21. The van der Waals surface area contributed by atoms with Crippen LogP contribution in [0.2, 0.25) is 5.28 Å². The maximum absolute atomic E-state index is 13.4. The number of nitrogens with zero attached hydrogens (tertiary/aromatic N) is 5. The number of aromatic nitrogens is 5. The van der Waals surface area contributed by atoms with E-state index in [9.17, 15) is 4.39 Å². The molecule has 7 heteroatoms. The first-order valence-electron chi connectivity index (χ1n) is 4.16. The molecule has 0 N–H and O–H groups in total. The van der Waals surface area contributed by atoms with Crippen LogP contribution in [-0.2, 0) is 0 Å². The van der Waals surface area contributed by atoms with Crippen molar-refractivity contribution in [3.8, 4) is 5.82 Å². The largest absolute Gasteiger partial charge is 0.224 e. The van der Waals surface area contributed by atoms with Gasteiger partial charge < -0.3 is 0 Å². The monoisotopic (exact) mass is 227 g/mol. The lowest BCUT2D eigenvalue weighted by Gasteiger charge is -2.02. The van der Waals surface area contributed by atoms with E-state index in [0.717, 1.165) is 6.20 Å². The highest BCUT2D eigenvalue weighted by Crippen LogP contribution is 2.12. The second kappa shape index (κ2) is 3.54. The van der Waals surface area contributed by atoms with E-state index in [0.29, 0.717) is 11.6 Å². The van der Waals surface area contributed by atoms with Crippen LogP contribution < -0.4 is 0 Å². The zero-order valence-corrected chi connectivity index (χ0v) is 8.83. The molecule has 2 aromatic rings. The second-order valence-corrected chi connectivity index (χ2v) is 3.27. The summed E-state index contributed by atoms with van der Waals surface area (Å²) in [5.41, 5.74) is 0. The van der Waals surface area contributed by atoms with Crippen molar-refractivity contribution in [3.63, 3.8) is 0 Å². The summed E-state index contributed by atoms with van der Waals surface area (Å²) in [6.45, 7) is 3.42. The summed E-state index contributed by atoms with van der Waals surface area (Å²) in [5.74, 6) is 0.503. The summed E-state index contributed by atoms with van der Waals surface area (Å²) in [7, 11) is 0. The molecule has 0 aliphatic heterocycles. The zero-order chi connectivity index (χ0) is 11.0. The fraction of sp³-hybridized carbons (Fsp3) is 0.250. The Morgan fingerprint density at radius 2 is 2.07 bits per heavy atom. The van der Waals surface area contributed by atoms with E-state index in [1.54, 1.807) is 13.8 Å².